The molecule has 2 atom stereocenters. The summed E-state index contributed by atoms with van der Waals surface area (Å²) in [7, 11) is 0. The average Bonchev–Trinajstić information content (AvgIpc) is 2.68. The van der Waals surface area contributed by atoms with E-state index < -0.39 is 24.8 Å². The van der Waals surface area contributed by atoms with E-state index in [2.05, 4.69) is 12.2 Å². The van der Waals surface area contributed by atoms with Gasteiger partial charge in [-0.25, -0.2) is 0 Å². The third-order valence-electron chi connectivity index (χ3n) is 4.76. The number of hydrogen-bond acceptors (Lipinski definition) is 5. The third kappa shape index (κ3) is 19.8. The number of hydrogen-bond donors (Lipinski definition) is 4. The Morgan fingerprint density at radius 3 is 1.79 bits per heavy atom. The van der Waals surface area contributed by atoms with Crippen molar-refractivity contribution in [2.45, 2.75) is 102 Å². The van der Waals surface area contributed by atoms with Gasteiger partial charge in [-0.3, -0.25) is 4.79 Å². The lowest BCUT2D eigenvalue weighted by Crippen LogP contribution is -2.33. The van der Waals surface area contributed by atoms with Crippen LogP contribution in [-0.2, 0) is 9.53 Å². The minimum Gasteiger partial charge on any atom is -0.481 e. The Morgan fingerprint density at radius 1 is 0.750 bits per heavy atom. The van der Waals surface area contributed by atoms with E-state index in [0.717, 1.165) is 44.9 Å². The van der Waals surface area contributed by atoms with Crippen LogP contribution in [0, 0.1) is 0 Å². The van der Waals surface area contributed by atoms with Crippen LogP contribution < -0.4 is 0 Å². The molecule has 166 valence electrons. The van der Waals surface area contributed by atoms with Crippen molar-refractivity contribution in [3.63, 3.8) is 0 Å². The second-order valence-corrected chi connectivity index (χ2v) is 7.47. The number of rotatable bonds is 21. The topological polar surface area (TPSA) is 107 Å². The zero-order valence-electron chi connectivity index (χ0n) is 17.4. The van der Waals surface area contributed by atoms with Gasteiger partial charge in [0.05, 0.1) is 13.2 Å². The summed E-state index contributed by atoms with van der Waals surface area (Å²) >= 11 is 0. The monoisotopic (exact) mass is 402 g/mol. The lowest BCUT2D eigenvalue weighted by Gasteiger charge is -2.15. The van der Waals surface area contributed by atoms with E-state index in [4.69, 9.17) is 14.9 Å². The summed E-state index contributed by atoms with van der Waals surface area (Å²) in [6.07, 6.45) is 17.3. The SMILES string of the molecule is O=C(O)CCCCCCCC=CCCCCCCCCOC[C@H](O)[C@H](O)CO. The zero-order valence-corrected chi connectivity index (χ0v) is 17.4. The molecule has 0 fully saturated rings. The lowest BCUT2D eigenvalue weighted by molar-refractivity contribution is -0.137. The molecule has 0 aromatic heterocycles. The molecule has 0 aliphatic rings. The summed E-state index contributed by atoms with van der Waals surface area (Å²) < 4.78 is 5.29. The Hall–Kier alpha value is -0.950. The number of carboxylic acid groups (broad SMARTS) is 1. The highest BCUT2D eigenvalue weighted by Gasteiger charge is 2.14. The Labute approximate surface area is 170 Å². The van der Waals surface area contributed by atoms with Crippen LogP contribution >= 0.6 is 0 Å². The van der Waals surface area contributed by atoms with Gasteiger partial charge in [0.25, 0.3) is 0 Å². The van der Waals surface area contributed by atoms with Crippen molar-refractivity contribution in [3.05, 3.63) is 12.2 Å². The maximum atomic E-state index is 10.4. The summed E-state index contributed by atoms with van der Waals surface area (Å²) in [5, 5.41) is 35.8. The molecule has 0 aromatic rings. The van der Waals surface area contributed by atoms with Crippen LogP contribution in [-0.4, -0.2) is 58.4 Å². The standard InChI is InChI=1S/C22H42O6/c23-18-20(24)21(25)19-28-17-15-13-11-9-7-5-3-1-2-4-6-8-10-12-14-16-22(26)27/h1-2,20-21,23-25H,3-19H2,(H,26,27)/t20-,21+/m1/s1. The molecule has 0 heterocycles. The summed E-state index contributed by atoms with van der Waals surface area (Å²) in [5.74, 6) is -0.690. The van der Waals surface area contributed by atoms with Crippen molar-refractivity contribution in [1.82, 2.24) is 0 Å². The number of aliphatic hydroxyl groups excluding tert-OH is 3. The number of carbonyl (C=O) groups is 1. The van der Waals surface area contributed by atoms with Gasteiger partial charge in [0.1, 0.15) is 12.2 Å². The number of carboxylic acids is 1. The molecule has 6 heteroatoms. The molecule has 0 amide bonds. The minimum atomic E-state index is -1.12. The van der Waals surface area contributed by atoms with Crippen LogP contribution in [0.25, 0.3) is 0 Å². The van der Waals surface area contributed by atoms with Crippen LogP contribution in [0.2, 0.25) is 0 Å². The number of aliphatic carboxylic acids is 1. The van der Waals surface area contributed by atoms with Crippen LogP contribution in [0.3, 0.4) is 0 Å². The molecule has 6 nitrogen and oxygen atoms in total. The fraction of sp³-hybridized carbons (Fsp3) is 0.864. The van der Waals surface area contributed by atoms with Gasteiger partial charge < -0.3 is 25.2 Å². The summed E-state index contributed by atoms with van der Waals surface area (Å²) in [5.41, 5.74) is 0. The Morgan fingerprint density at radius 2 is 1.25 bits per heavy atom. The first-order valence-corrected chi connectivity index (χ1v) is 11.0. The first-order chi connectivity index (χ1) is 13.6. The van der Waals surface area contributed by atoms with Gasteiger partial charge in [0.15, 0.2) is 0 Å². The number of aliphatic hydroxyl groups is 3. The summed E-state index contributed by atoms with van der Waals surface area (Å²) in [4.78, 5) is 10.4. The fourth-order valence-electron chi connectivity index (χ4n) is 2.91. The van der Waals surface area contributed by atoms with E-state index in [1.165, 1.54) is 38.5 Å². The molecule has 0 aliphatic heterocycles. The molecular weight excluding hydrogens is 360 g/mol. The number of allylic oxidation sites excluding steroid dienone is 2. The normalized spacial score (nSPS) is 13.8. The van der Waals surface area contributed by atoms with E-state index in [0.29, 0.717) is 13.0 Å². The second-order valence-electron chi connectivity index (χ2n) is 7.47. The van der Waals surface area contributed by atoms with E-state index in [1.807, 2.05) is 0 Å². The molecule has 0 aromatic carbocycles. The molecule has 0 aliphatic carbocycles. The van der Waals surface area contributed by atoms with Crippen LogP contribution in [0.1, 0.15) is 89.9 Å². The van der Waals surface area contributed by atoms with Crippen molar-refractivity contribution in [2.24, 2.45) is 0 Å². The predicted molar refractivity (Wildman–Crippen MR) is 111 cm³/mol. The van der Waals surface area contributed by atoms with Crippen molar-refractivity contribution >= 4 is 5.97 Å². The van der Waals surface area contributed by atoms with E-state index in [1.54, 1.807) is 0 Å². The first kappa shape index (κ1) is 27.0. The highest BCUT2D eigenvalue weighted by atomic mass is 16.5. The van der Waals surface area contributed by atoms with Crippen molar-refractivity contribution < 1.29 is 30.0 Å². The highest BCUT2D eigenvalue weighted by Crippen LogP contribution is 2.10. The molecule has 4 N–H and O–H groups in total. The van der Waals surface area contributed by atoms with Gasteiger partial charge in [-0.05, 0) is 38.5 Å². The van der Waals surface area contributed by atoms with Crippen molar-refractivity contribution in [3.8, 4) is 0 Å². The largest absolute Gasteiger partial charge is 0.481 e. The molecule has 0 bridgehead atoms. The van der Waals surface area contributed by atoms with Gasteiger partial charge in [-0.1, -0.05) is 57.1 Å². The number of unbranched alkanes of at least 4 members (excludes halogenated alkanes) is 11. The third-order valence-corrected chi connectivity index (χ3v) is 4.76. The smallest absolute Gasteiger partial charge is 0.303 e. The van der Waals surface area contributed by atoms with Crippen LogP contribution in [0.15, 0.2) is 12.2 Å². The Kier molecular flexibility index (Phi) is 20.1. The lowest BCUT2D eigenvalue weighted by atomic mass is 10.1. The van der Waals surface area contributed by atoms with Crippen molar-refractivity contribution in [2.75, 3.05) is 19.8 Å². The predicted octanol–water partition coefficient (Wildman–Crippen LogP) is 3.82. The maximum absolute atomic E-state index is 10.4. The first-order valence-electron chi connectivity index (χ1n) is 11.0. The van der Waals surface area contributed by atoms with E-state index in [-0.39, 0.29) is 6.61 Å². The zero-order chi connectivity index (χ0) is 20.9. The van der Waals surface area contributed by atoms with Gasteiger partial charge >= 0.3 is 5.97 Å². The Bertz CT molecular complexity index is 372. The molecule has 0 unspecified atom stereocenters. The second kappa shape index (κ2) is 20.8. The molecule has 28 heavy (non-hydrogen) atoms. The van der Waals surface area contributed by atoms with E-state index in [9.17, 15) is 15.0 Å². The molecular formula is C22H42O6. The summed E-state index contributed by atoms with van der Waals surface area (Å²) in [6, 6.07) is 0. The quantitative estimate of drug-likeness (QED) is 0.172. The van der Waals surface area contributed by atoms with Gasteiger partial charge in [0, 0.05) is 13.0 Å². The maximum Gasteiger partial charge on any atom is 0.303 e. The molecule has 0 saturated heterocycles. The highest BCUT2D eigenvalue weighted by molar-refractivity contribution is 5.66. The van der Waals surface area contributed by atoms with E-state index >= 15 is 0 Å². The van der Waals surface area contributed by atoms with Gasteiger partial charge in [0.2, 0.25) is 0 Å². The fourth-order valence-corrected chi connectivity index (χ4v) is 2.91. The van der Waals surface area contributed by atoms with Crippen LogP contribution in [0.5, 0.6) is 0 Å². The van der Waals surface area contributed by atoms with Crippen LogP contribution in [0.4, 0.5) is 0 Å². The molecule has 0 radical (unpaired) electrons. The van der Waals surface area contributed by atoms with Crippen molar-refractivity contribution in [1.29, 1.82) is 0 Å². The Balaban J connectivity index is 3.19. The number of ether oxygens (including phenoxy) is 1. The average molecular weight is 403 g/mol. The van der Waals surface area contributed by atoms with Gasteiger partial charge in [-0.15, -0.1) is 0 Å². The minimum absolute atomic E-state index is 0.0682. The van der Waals surface area contributed by atoms with Gasteiger partial charge in [-0.2, -0.15) is 0 Å². The molecule has 0 rings (SSSR count). The molecule has 0 spiro atoms. The molecule has 0 saturated carbocycles. The summed E-state index contributed by atoms with van der Waals surface area (Å²) in [6.45, 7) is 0.201.